The second-order valence-electron chi connectivity index (χ2n) is 8.53. The van der Waals surface area contributed by atoms with E-state index in [1.807, 2.05) is 19.1 Å². The van der Waals surface area contributed by atoms with Gasteiger partial charge in [0.1, 0.15) is 18.5 Å². The van der Waals surface area contributed by atoms with E-state index in [2.05, 4.69) is 45.6 Å². The molecule has 0 radical (unpaired) electrons. The maximum absolute atomic E-state index is 10.5. The first-order valence-electron chi connectivity index (χ1n) is 8.85. The van der Waals surface area contributed by atoms with Crippen molar-refractivity contribution in [2.24, 2.45) is 0 Å². The highest BCUT2D eigenvalue weighted by molar-refractivity contribution is 5.35. The maximum atomic E-state index is 10.5. The van der Waals surface area contributed by atoms with Gasteiger partial charge in [-0.15, -0.1) is 0 Å². The molecule has 0 bridgehead atoms. The van der Waals surface area contributed by atoms with Crippen molar-refractivity contribution in [1.82, 2.24) is 4.90 Å². The van der Waals surface area contributed by atoms with Crippen molar-refractivity contribution in [1.29, 1.82) is 0 Å². The molecule has 1 aromatic rings. The molecule has 4 heteroatoms. The van der Waals surface area contributed by atoms with Crippen LogP contribution in [0.5, 0.6) is 5.75 Å². The molecule has 1 aliphatic rings. The predicted octanol–water partition coefficient (Wildman–Crippen LogP) is 3.06. The Bertz CT molecular complexity index is 550. The zero-order valence-corrected chi connectivity index (χ0v) is 16.0. The summed E-state index contributed by atoms with van der Waals surface area (Å²) in [6.07, 6.45) is 0.594. The zero-order valence-electron chi connectivity index (χ0n) is 16.0. The zero-order chi connectivity index (χ0) is 18.1. The molecule has 0 unspecified atom stereocenters. The fourth-order valence-corrected chi connectivity index (χ4v) is 4.17. The molecule has 0 amide bonds. The second kappa shape index (κ2) is 7.03. The number of likely N-dealkylation sites (tertiary alicyclic amines) is 1. The Hall–Kier alpha value is -1.10. The number of rotatable bonds is 5. The Balaban J connectivity index is 1.99. The topological polar surface area (TPSA) is 52.9 Å². The molecule has 1 aliphatic heterocycles. The minimum absolute atomic E-state index is 0.151. The fraction of sp³-hybridized carbons (Fsp3) is 0.700. The van der Waals surface area contributed by atoms with Crippen LogP contribution in [-0.4, -0.2) is 51.6 Å². The number of aliphatic hydroxyl groups excluding tert-OH is 2. The van der Waals surface area contributed by atoms with Gasteiger partial charge in [0.15, 0.2) is 0 Å². The van der Waals surface area contributed by atoms with Crippen molar-refractivity contribution in [3.8, 4) is 5.75 Å². The van der Waals surface area contributed by atoms with Crippen LogP contribution in [0.1, 0.15) is 51.7 Å². The van der Waals surface area contributed by atoms with E-state index in [0.29, 0.717) is 6.54 Å². The number of aliphatic hydroxyl groups is 2. The van der Waals surface area contributed by atoms with E-state index in [1.54, 1.807) is 0 Å². The van der Waals surface area contributed by atoms with E-state index in [0.717, 1.165) is 24.2 Å². The normalized spacial score (nSPS) is 22.3. The van der Waals surface area contributed by atoms with Gasteiger partial charge in [0.25, 0.3) is 0 Å². The Morgan fingerprint density at radius 1 is 1.17 bits per heavy atom. The fourth-order valence-electron chi connectivity index (χ4n) is 4.17. The summed E-state index contributed by atoms with van der Waals surface area (Å²) < 4.78 is 5.83. The number of aryl methyl sites for hydroxylation is 2. The number of nitrogens with zero attached hydrogens (tertiary/aromatic N) is 1. The van der Waals surface area contributed by atoms with Crippen LogP contribution < -0.4 is 4.74 Å². The molecule has 1 saturated heterocycles. The van der Waals surface area contributed by atoms with E-state index >= 15 is 0 Å². The summed E-state index contributed by atoms with van der Waals surface area (Å²) in [5.41, 5.74) is 1.99. The van der Waals surface area contributed by atoms with E-state index < -0.39 is 6.10 Å². The molecule has 1 aromatic carbocycles. The predicted molar refractivity (Wildman–Crippen MR) is 97.5 cm³/mol. The van der Waals surface area contributed by atoms with Crippen LogP contribution in [-0.2, 0) is 0 Å². The van der Waals surface area contributed by atoms with Crippen molar-refractivity contribution in [3.63, 3.8) is 0 Å². The van der Waals surface area contributed by atoms with Crippen LogP contribution in [0.15, 0.2) is 18.2 Å². The lowest BCUT2D eigenvalue weighted by Crippen LogP contribution is -2.63. The highest BCUT2D eigenvalue weighted by Crippen LogP contribution is 2.38. The lowest BCUT2D eigenvalue weighted by atomic mass is 9.78. The highest BCUT2D eigenvalue weighted by Gasteiger charge is 2.45. The average molecular weight is 335 g/mol. The molecule has 1 atom stereocenters. The molecule has 2 rings (SSSR count). The van der Waals surface area contributed by atoms with Crippen molar-refractivity contribution < 1.29 is 14.9 Å². The summed E-state index contributed by atoms with van der Waals surface area (Å²) in [7, 11) is 0. The van der Waals surface area contributed by atoms with Crippen LogP contribution in [0.2, 0.25) is 0 Å². The van der Waals surface area contributed by atoms with Gasteiger partial charge in [-0.25, -0.2) is 0 Å². The molecule has 1 heterocycles. The molecular weight excluding hydrogens is 302 g/mol. The molecular formula is C20H33NO3. The summed E-state index contributed by atoms with van der Waals surface area (Å²) in [4.78, 5) is 2.31. The molecule has 24 heavy (non-hydrogen) atoms. The largest absolute Gasteiger partial charge is 0.491 e. The number of piperidine rings is 1. The van der Waals surface area contributed by atoms with Crippen LogP contribution in [0.25, 0.3) is 0 Å². The summed E-state index contributed by atoms with van der Waals surface area (Å²) in [6, 6.07) is 6.06. The minimum atomic E-state index is -0.570. The van der Waals surface area contributed by atoms with Crippen LogP contribution >= 0.6 is 0 Å². The van der Waals surface area contributed by atoms with Gasteiger partial charge in [-0.2, -0.15) is 0 Å². The SMILES string of the molecule is Cc1ccc(OC[C@@H](O)CN2C(C)(C)CC(O)CC2(C)C)c(C)c1. The van der Waals surface area contributed by atoms with Gasteiger partial charge in [-0.1, -0.05) is 17.7 Å². The van der Waals surface area contributed by atoms with E-state index in [1.165, 1.54) is 5.56 Å². The highest BCUT2D eigenvalue weighted by atomic mass is 16.5. The molecule has 2 N–H and O–H groups in total. The monoisotopic (exact) mass is 335 g/mol. The average Bonchev–Trinajstić information content (AvgIpc) is 2.40. The van der Waals surface area contributed by atoms with Gasteiger partial charge >= 0.3 is 0 Å². The number of hydrogen-bond donors (Lipinski definition) is 2. The standard InChI is InChI=1S/C20H33NO3/c1-14-7-8-18(15(2)9-14)24-13-17(23)12-21-19(3,4)10-16(22)11-20(21,5)6/h7-9,16-17,22-23H,10-13H2,1-6H3/t17-/m0/s1. The summed E-state index contributed by atoms with van der Waals surface area (Å²) >= 11 is 0. The van der Waals surface area contributed by atoms with Gasteiger partial charge < -0.3 is 14.9 Å². The van der Waals surface area contributed by atoms with E-state index in [4.69, 9.17) is 4.74 Å². The first kappa shape index (κ1) is 19.2. The molecule has 0 aromatic heterocycles. The van der Waals surface area contributed by atoms with Crippen molar-refractivity contribution in [2.75, 3.05) is 13.2 Å². The minimum Gasteiger partial charge on any atom is -0.491 e. The Labute approximate surface area is 146 Å². The van der Waals surface area contributed by atoms with E-state index in [9.17, 15) is 10.2 Å². The van der Waals surface area contributed by atoms with Crippen molar-refractivity contribution in [3.05, 3.63) is 29.3 Å². The third-order valence-corrected chi connectivity index (χ3v) is 5.09. The molecule has 0 aliphatic carbocycles. The first-order chi connectivity index (χ1) is 11.0. The van der Waals surface area contributed by atoms with Gasteiger partial charge in [-0.3, -0.25) is 4.90 Å². The van der Waals surface area contributed by atoms with Crippen LogP contribution in [0, 0.1) is 13.8 Å². The van der Waals surface area contributed by atoms with Gasteiger partial charge in [0, 0.05) is 17.6 Å². The Morgan fingerprint density at radius 3 is 2.29 bits per heavy atom. The number of hydrogen-bond acceptors (Lipinski definition) is 4. The maximum Gasteiger partial charge on any atom is 0.122 e. The summed E-state index contributed by atoms with van der Waals surface area (Å²) in [6.45, 7) is 13.4. The number of benzene rings is 1. The lowest BCUT2D eigenvalue weighted by Gasteiger charge is -2.54. The van der Waals surface area contributed by atoms with Crippen LogP contribution in [0.3, 0.4) is 0 Å². The summed E-state index contributed by atoms with van der Waals surface area (Å²) in [5.74, 6) is 0.826. The molecule has 0 saturated carbocycles. The lowest BCUT2D eigenvalue weighted by molar-refractivity contribution is -0.1000. The van der Waals surface area contributed by atoms with Gasteiger partial charge in [0.2, 0.25) is 0 Å². The third kappa shape index (κ3) is 4.50. The molecule has 0 spiro atoms. The second-order valence-corrected chi connectivity index (χ2v) is 8.53. The third-order valence-electron chi connectivity index (χ3n) is 5.09. The van der Waals surface area contributed by atoms with Gasteiger partial charge in [-0.05, 0) is 66.0 Å². The molecule has 4 nitrogen and oxygen atoms in total. The smallest absolute Gasteiger partial charge is 0.122 e. The van der Waals surface area contributed by atoms with Crippen molar-refractivity contribution in [2.45, 2.75) is 77.7 Å². The van der Waals surface area contributed by atoms with Crippen molar-refractivity contribution >= 4 is 0 Å². The summed E-state index contributed by atoms with van der Waals surface area (Å²) in [5, 5.41) is 20.6. The van der Waals surface area contributed by atoms with Gasteiger partial charge in [0.05, 0.1) is 6.10 Å². The number of β-amino-alcohol motifs (C(OH)–C–C–N with tert-alkyl or cyclic N) is 1. The van der Waals surface area contributed by atoms with E-state index in [-0.39, 0.29) is 23.8 Å². The van der Waals surface area contributed by atoms with Crippen LogP contribution in [0.4, 0.5) is 0 Å². The molecule has 1 fully saturated rings. The Kier molecular flexibility index (Phi) is 5.63. The quantitative estimate of drug-likeness (QED) is 0.868. The first-order valence-corrected chi connectivity index (χ1v) is 8.85. The number of ether oxygens (including phenoxy) is 1. The molecule has 136 valence electrons. The Morgan fingerprint density at radius 2 is 1.75 bits per heavy atom.